The van der Waals surface area contributed by atoms with Gasteiger partial charge in [0.25, 0.3) is 5.88 Å². The molecule has 4 aromatic rings. The third kappa shape index (κ3) is 6.52. The van der Waals surface area contributed by atoms with E-state index in [-0.39, 0.29) is 29.4 Å². The molecule has 2 heterocycles. The summed E-state index contributed by atoms with van der Waals surface area (Å²) in [5.74, 6) is -4.01. The number of aromatic hydroxyl groups is 1. The number of likely N-dealkylation sites (N-methyl/N-ethyl adjacent to an activating group) is 1. The molecule has 0 radical (unpaired) electrons. The summed E-state index contributed by atoms with van der Waals surface area (Å²) in [4.78, 5) is 23.7. The Morgan fingerprint density at radius 2 is 1.84 bits per heavy atom. The van der Waals surface area contributed by atoms with Crippen molar-refractivity contribution in [1.82, 2.24) is 9.88 Å². The van der Waals surface area contributed by atoms with Gasteiger partial charge < -0.3 is 24.2 Å². The first kappa shape index (κ1) is 29.3. The van der Waals surface area contributed by atoms with Gasteiger partial charge >= 0.3 is 5.97 Å². The fraction of sp³-hybridized carbons (Fsp3) is 0.161. The maximum Gasteiger partial charge on any atom is 0.338 e. The van der Waals surface area contributed by atoms with E-state index in [1.54, 1.807) is 49.4 Å². The second-order valence-corrected chi connectivity index (χ2v) is 10.3. The number of hydrogen-bond donors (Lipinski definition) is 1. The summed E-state index contributed by atoms with van der Waals surface area (Å²) >= 11 is 1.42. The van der Waals surface area contributed by atoms with E-state index in [9.17, 15) is 14.3 Å². The Labute approximate surface area is 250 Å². The Hall–Kier alpha value is -5.15. The summed E-state index contributed by atoms with van der Waals surface area (Å²) < 4.78 is 46.6. The Morgan fingerprint density at radius 3 is 2.53 bits per heavy atom. The van der Waals surface area contributed by atoms with Crippen LogP contribution in [0.1, 0.15) is 28.4 Å². The lowest BCUT2D eigenvalue weighted by atomic mass is 10.1. The highest BCUT2D eigenvalue weighted by molar-refractivity contribution is 7.99. The fourth-order valence-corrected chi connectivity index (χ4v) is 5.00. The van der Waals surface area contributed by atoms with Gasteiger partial charge in [-0.05, 0) is 61.5 Å². The number of nitrogens with zero attached hydrogens (tertiary/aromatic N) is 4. The van der Waals surface area contributed by atoms with Gasteiger partial charge in [0, 0.05) is 29.4 Å². The number of rotatable bonds is 9. The standard InChI is InChI=1S/C31H24F2N4O5S/c1-3-40-31(39)19-5-7-20(8-6-19)43-21-9-11-25(22(15-21)29-35-12-13-37(29)2)41-28-23(32)17-36-30(27(28)33)42-26-14-18(16-34)4-10-24(26)38/h4-11,14-15,17,38H,3,12-13H2,1-2H3. The molecule has 0 atom stereocenters. The molecule has 0 unspecified atom stereocenters. The number of amidine groups is 1. The summed E-state index contributed by atoms with van der Waals surface area (Å²) in [6.07, 6.45) is 0.738. The number of ether oxygens (including phenoxy) is 3. The lowest BCUT2D eigenvalue weighted by molar-refractivity contribution is 0.0526. The van der Waals surface area contributed by atoms with Crippen LogP contribution in [0.4, 0.5) is 8.78 Å². The maximum atomic E-state index is 15.5. The van der Waals surface area contributed by atoms with Gasteiger partial charge in [0.2, 0.25) is 11.6 Å². The SMILES string of the molecule is CCOC(=O)c1ccc(Sc2ccc(Oc3c(F)cnc(Oc4cc(C#N)ccc4O)c3F)c(C3=NCCN3C)c2)cc1. The Morgan fingerprint density at radius 1 is 1.07 bits per heavy atom. The van der Waals surface area contributed by atoms with Crippen molar-refractivity contribution in [3.05, 3.63) is 95.2 Å². The van der Waals surface area contributed by atoms with Crippen LogP contribution < -0.4 is 9.47 Å². The summed E-state index contributed by atoms with van der Waals surface area (Å²) in [5.41, 5.74) is 1.10. The monoisotopic (exact) mass is 602 g/mol. The summed E-state index contributed by atoms with van der Waals surface area (Å²) in [6, 6.07) is 17.7. The predicted octanol–water partition coefficient (Wildman–Crippen LogP) is 6.54. The molecule has 5 rings (SSSR count). The molecule has 1 aliphatic heterocycles. The molecular formula is C31H24F2N4O5S. The zero-order valence-corrected chi connectivity index (χ0v) is 23.8. The minimum Gasteiger partial charge on any atom is -0.504 e. The van der Waals surface area contributed by atoms with E-state index in [2.05, 4.69) is 9.98 Å². The van der Waals surface area contributed by atoms with Gasteiger partial charge in [-0.3, -0.25) is 4.99 Å². The number of carbonyl (C=O) groups is 1. The van der Waals surface area contributed by atoms with Crippen LogP contribution in [0.3, 0.4) is 0 Å². The first-order valence-electron chi connectivity index (χ1n) is 13.0. The molecule has 0 aliphatic carbocycles. The quantitative estimate of drug-likeness (QED) is 0.213. The Balaban J connectivity index is 1.46. The molecule has 0 spiro atoms. The van der Waals surface area contributed by atoms with E-state index in [4.69, 9.17) is 19.5 Å². The molecule has 0 saturated carbocycles. The smallest absolute Gasteiger partial charge is 0.338 e. The van der Waals surface area contributed by atoms with E-state index < -0.39 is 29.2 Å². The van der Waals surface area contributed by atoms with Crippen molar-refractivity contribution in [3.63, 3.8) is 0 Å². The molecule has 1 N–H and O–H groups in total. The number of benzene rings is 3. The molecule has 1 aromatic heterocycles. The van der Waals surface area contributed by atoms with Crippen molar-refractivity contribution in [3.8, 4) is 34.9 Å². The molecule has 1 aliphatic rings. The zero-order chi connectivity index (χ0) is 30.5. The van der Waals surface area contributed by atoms with Crippen LogP contribution in [0.15, 0.2) is 81.6 Å². The molecule has 43 heavy (non-hydrogen) atoms. The first-order valence-corrected chi connectivity index (χ1v) is 13.9. The third-order valence-corrected chi connectivity index (χ3v) is 7.26. The molecule has 0 bridgehead atoms. The van der Waals surface area contributed by atoms with Crippen LogP contribution in [0.5, 0.6) is 28.9 Å². The van der Waals surface area contributed by atoms with Crippen molar-refractivity contribution in [2.45, 2.75) is 16.7 Å². The fourth-order valence-electron chi connectivity index (χ4n) is 4.15. The second kappa shape index (κ2) is 12.8. The molecule has 9 nitrogen and oxygen atoms in total. The second-order valence-electron chi connectivity index (χ2n) is 9.18. The average molecular weight is 603 g/mol. The molecular weight excluding hydrogens is 578 g/mol. The number of esters is 1. The summed E-state index contributed by atoms with van der Waals surface area (Å²) in [5, 5.41) is 19.2. The molecule has 218 valence electrons. The lowest BCUT2D eigenvalue weighted by Crippen LogP contribution is -2.24. The van der Waals surface area contributed by atoms with Crippen LogP contribution >= 0.6 is 11.8 Å². The van der Waals surface area contributed by atoms with Gasteiger partial charge in [-0.1, -0.05) is 11.8 Å². The van der Waals surface area contributed by atoms with Crippen LogP contribution in [-0.2, 0) is 4.74 Å². The van der Waals surface area contributed by atoms with E-state index >= 15 is 4.39 Å². The van der Waals surface area contributed by atoms with Gasteiger partial charge in [0.1, 0.15) is 11.6 Å². The zero-order valence-electron chi connectivity index (χ0n) is 23.0. The van der Waals surface area contributed by atoms with E-state index in [0.29, 0.717) is 30.1 Å². The number of phenols is 1. The predicted molar refractivity (Wildman–Crippen MR) is 154 cm³/mol. The maximum absolute atomic E-state index is 15.5. The normalized spacial score (nSPS) is 12.4. The highest BCUT2D eigenvalue weighted by Gasteiger charge is 2.25. The van der Waals surface area contributed by atoms with Crippen molar-refractivity contribution in [1.29, 1.82) is 5.26 Å². The molecule has 0 fully saturated rings. The van der Waals surface area contributed by atoms with Gasteiger partial charge in [-0.15, -0.1) is 0 Å². The van der Waals surface area contributed by atoms with E-state index in [1.165, 1.54) is 30.0 Å². The van der Waals surface area contributed by atoms with Crippen molar-refractivity contribution in [2.75, 3.05) is 26.7 Å². The number of pyridine rings is 1. The molecule has 0 saturated heterocycles. The van der Waals surface area contributed by atoms with Gasteiger partial charge in [0.15, 0.2) is 17.3 Å². The lowest BCUT2D eigenvalue weighted by Gasteiger charge is -2.19. The molecule has 12 heteroatoms. The number of nitriles is 1. The highest BCUT2D eigenvalue weighted by atomic mass is 32.2. The van der Waals surface area contributed by atoms with Crippen LogP contribution in [0.25, 0.3) is 0 Å². The van der Waals surface area contributed by atoms with Crippen LogP contribution in [0.2, 0.25) is 0 Å². The number of phenolic OH excluding ortho intramolecular Hbond substituents is 1. The summed E-state index contributed by atoms with van der Waals surface area (Å²) in [6.45, 7) is 3.22. The Kier molecular flexibility index (Phi) is 8.73. The van der Waals surface area contributed by atoms with Crippen molar-refractivity contribution in [2.24, 2.45) is 4.99 Å². The van der Waals surface area contributed by atoms with Crippen LogP contribution in [0, 0.1) is 23.0 Å². The largest absolute Gasteiger partial charge is 0.504 e. The van der Waals surface area contributed by atoms with E-state index in [1.807, 2.05) is 18.0 Å². The Bertz CT molecular complexity index is 1760. The molecule has 0 amide bonds. The summed E-state index contributed by atoms with van der Waals surface area (Å²) in [7, 11) is 1.85. The number of hydrogen-bond acceptors (Lipinski definition) is 10. The van der Waals surface area contributed by atoms with Gasteiger partial charge in [-0.25, -0.2) is 14.2 Å². The highest BCUT2D eigenvalue weighted by Crippen LogP contribution is 2.39. The number of aromatic nitrogens is 1. The van der Waals surface area contributed by atoms with Gasteiger partial charge in [-0.2, -0.15) is 9.65 Å². The number of halogens is 2. The van der Waals surface area contributed by atoms with E-state index in [0.717, 1.165) is 16.0 Å². The topological polar surface area (TPSA) is 117 Å². The average Bonchev–Trinajstić information content (AvgIpc) is 3.44. The third-order valence-electron chi connectivity index (χ3n) is 6.26. The molecule has 3 aromatic carbocycles. The number of aliphatic imine (C=N–C) groups is 1. The minimum atomic E-state index is -1.24. The number of carbonyl (C=O) groups excluding carboxylic acids is 1. The van der Waals surface area contributed by atoms with Crippen molar-refractivity contribution >= 4 is 23.6 Å². The van der Waals surface area contributed by atoms with Crippen molar-refractivity contribution < 1.29 is 32.9 Å². The van der Waals surface area contributed by atoms with Crippen LogP contribution in [-0.4, -0.2) is 53.5 Å². The van der Waals surface area contributed by atoms with Gasteiger partial charge in [0.05, 0.1) is 42.1 Å². The minimum absolute atomic E-state index is 0.138. The first-order chi connectivity index (χ1) is 20.8.